The van der Waals surface area contributed by atoms with Crippen LogP contribution in [0, 0.1) is 11.8 Å². The molecule has 206 valence electrons. The number of nitrogens with one attached hydrogen (secondary N) is 2. The number of primary amides is 1. The summed E-state index contributed by atoms with van der Waals surface area (Å²) >= 11 is 6.39. The van der Waals surface area contributed by atoms with Crippen molar-refractivity contribution >= 4 is 40.7 Å². The second-order valence-electron chi connectivity index (χ2n) is 10.5. The summed E-state index contributed by atoms with van der Waals surface area (Å²) in [6.45, 7) is 4.08. The van der Waals surface area contributed by atoms with E-state index >= 15 is 0 Å². The number of carbonyl (C=O) groups excluding carboxylic acids is 2. The maximum absolute atomic E-state index is 12.4. The van der Waals surface area contributed by atoms with E-state index in [-0.39, 0.29) is 6.61 Å². The van der Waals surface area contributed by atoms with Crippen molar-refractivity contribution in [3.05, 3.63) is 35.1 Å². The minimum atomic E-state index is -0.755. The molecule has 2 saturated heterocycles. The highest BCUT2D eigenvalue weighted by atomic mass is 35.5. The van der Waals surface area contributed by atoms with Crippen molar-refractivity contribution in [1.29, 1.82) is 0 Å². The van der Waals surface area contributed by atoms with Gasteiger partial charge in [-0.3, -0.25) is 10.1 Å². The SMILES string of the molecule is CC1CCC(Cn2c(N3CCOC[C@H]3C(N)=O)nc3nc(C4NOC(=O)N4)nc(-c4cccc(Cl)c4)c32)CC1. The number of hydrogen-bond acceptors (Lipinski definition) is 9. The van der Waals surface area contributed by atoms with Crippen LogP contribution in [0.5, 0.6) is 0 Å². The molecule has 1 aromatic carbocycles. The molecule has 4 N–H and O–H groups in total. The fourth-order valence-electron chi connectivity index (χ4n) is 5.65. The third-order valence-corrected chi connectivity index (χ3v) is 8.01. The lowest BCUT2D eigenvalue weighted by Gasteiger charge is -2.35. The third kappa shape index (κ3) is 5.11. The zero-order valence-corrected chi connectivity index (χ0v) is 22.4. The number of fused-ring (bicyclic) bond motifs is 1. The molecule has 0 bridgehead atoms. The van der Waals surface area contributed by atoms with E-state index in [1.54, 1.807) is 6.07 Å². The van der Waals surface area contributed by atoms with Gasteiger partial charge in [0.15, 0.2) is 17.6 Å². The Kier molecular flexibility index (Phi) is 7.00. The molecule has 1 aliphatic carbocycles. The topological polar surface area (TPSA) is 150 Å². The number of morpholine rings is 1. The van der Waals surface area contributed by atoms with Crippen molar-refractivity contribution in [3.63, 3.8) is 0 Å². The summed E-state index contributed by atoms with van der Waals surface area (Å²) in [7, 11) is 0. The number of aromatic nitrogens is 4. The van der Waals surface area contributed by atoms with Gasteiger partial charge in [0.2, 0.25) is 11.9 Å². The molecule has 39 heavy (non-hydrogen) atoms. The van der Waals surface area contributed by atoms with Crippen LogP contribution in [-0.2, 0) is 20.9 Å². The van der Waals surface area contributed by atoms with Gasteiger partial charge in [0.25, 0.3) is 0 Å². The van der Waals surface area contributed by atoms with Crippen LogP contribution >= 0.6 is 11.6 Å². The Bertz CT molecular complexity index is 1410. The lowest BCUT2D eigenvalue weighted by molar-refractivity contribution is -0.121. The summed E-state index contributed by atoms with van der Waals surface area (Å²) in [5.74, 6) is 1.56. The second kappa shape index (κ2) is 10.6. The minimum absolute atomic E-state index is 0.187. The summed E-state index contributed by atoms with van der Waals surface area (Å²) in [5.41, 5.74) is 11.0. The molecule has 2 atom stereocenters. The van der Waals surface area contributed by atoms with Gasteiger partial charge in [0, 0.05) is 23.7 Å². The first-order valence-electron chi connectivity index (χ1n) is 13.3. The first-order chi connectivity index (χ1) is 18.9. The predicted octanol–water partition coefficient (Wildman–Crippen LogP) is 2.91. The molecule has 4 heterocycles. The van der Waals surface area contributed by atoms with Crippen molar-refractivity contribution in [2.45, 2.75) is 51.4 Å². The van der Waals surface area contributed by atoms with Gasteiger partial charge < -0.3 is 24.8 Å². The van der Waals surface area contributed by atoms with E-state index in [2.05, 4.69) is 22.3 Å². The maximum atomic E-state index is 12.4. The Labute approximate surface area is 230 Å². The quantitative estimate of drug-likeness (QED) is 0.418. The highest BCUT2D eigenvalue weighted by molar-refractivity contribution is 6.30. The fourth-order valence-corrected chi connectivity index (χ4v) is 5.85. The lowest BCUT2D eigenvalue weighted by atomic mass is 9.83. The number of nitrogens with two attached hydrogens (primary N) is 1. The molecule has 0 radical (unpaired) electrons. The zero-order chi connectivity index (χ0) is 27.1. The smallest absolute Gasteiger partial charge is 0.377 e. The van der Waals surface area contributed by atoms with E-state index in [9.17, 15) is 9.59 Å². The van der Waals surface area contributed by atoms with E-state index in [1.807, 2.05) is 23.1 Å². The van der Waals surface area contributed by atoms with Crippen molar-refractivity contribution < 1.29 is 19.2 Å². The number of hydroxylamine groups is 1. The average Bonchev–Trinajstić information content (AvgIpc) is 3.53. The summed E-state index contributed by atoms with van der Waals surface area (Å²) in [4.78, 5) is 45.6. The molecule has 2 aliphatic heterocycles. The van der Waals surface area contributed by atoms with Crippen LogP contribution < -0.4 is 21.4 Å². The normalized spacial score (nSPS) is 25.5. The van der Waals surface area contributed by atoms with E-state index in [0.29, 0.717) is 59.7 Å². The molecule has 13 heteroatoms. The largest absolute Gasteiger partial charge is 0.427 e. The van der Waals surface area contributed by atoms with Crippen molar-refractivity contribution in [2.75, 3.05) is 24.7 Å². The second-order valence-corrected chi connectivity index (χ2v) is 11.0. The number of imidazole rings is 1. The Morgan fingerprint density at radius 1 is 1.21 bits per heavy atom. The van der Waals surface area contributed by atoms with Crippen molar-refractivity contribution in [1.82, 2.24) is 30.3 Å². The molecule has 1 saturated carbocycles. The number of anilines is 1. The Morgan fingerprint density at radius 2 is 2.03 bits per heavy atom. The number of rotatable bonds is 6. The molecule has 0 spiro atoms. The molecular weight excluding hydrogens is 524 g/mol. The Morgan fingerprint density at radius 3 is 2.74 bits per heavy atom. The monoisotopic (exact) mass is 554 g/mol. The number of carbonyl (C=O) groups is 2. The van der Waals surface area contributed by atoms with Crippen molar-refractivity contribution in [3.8, 4) is 11.3 Å². The predicted molar refractivity (Wildman–Crippen MR) is 144 cm³/mol. The first kappa shape index (κ1) is 25.8. The minimum Gasteiger partial charge on any atom is -0.377 e. The van der Waals surface area contributed by atoms with Gasteiger partial charge in [-0.1, -0.05) is 43.5 Å². The van der Waals surface area contributed by atoms with Gasteiger partial charge >= 0.3 is 6.09 Å². The molecule has 2 aromatic heterocycles. The Hall–Kier alpha value is -3.48. The van der Waals surface area contributed by atoms with E-state index < -0.39 is 24.2 Å². The van der Waals surface area contributed by atoms with E-state index in [4.69, 9.17) is 41.9 Å². The number of amides is 2. The van der Waals surface area contributed by atoms with Crippen LogP contribution in [0.2, 0.25) is 5.02 Å². The summed E-state index contributed by atoms with van der Waals surface area (Å²) in [5, 5.41) is 3.22. The summed E-state index contributed by atoms with van der Waals surface area (Å²) in [6, 6.07) is 6.76. The summed E-state index contributed by atoms with van der Waals surface area (Å²) < 4.78 is 7.72. The van der Waals surface area contributed by atoms with Gasteiger partial charge in [-0.15, -0.1) is 5.48 Å². The third-order valence-electron chi connectivity index (χ3n) is 7.78. The average molecular weight is 555 g/mol. The van der Waals surface area contributed by atoms with Crippen LogP contribution in [0.15, 0.2) is 24.3 Å². The standard InChI is InChI=1S/C26H31ClN8O4/c1-14-5-7-15(8-6-14)12-35-20-19(16-3-2-4-17(27)11-16)29-23(24-32-26(37)39-33-24)30-22(20)31-25(35)34-9-10-38-13-18(34)21(28)36/h2-4,11,14-15,18,24,33H,5-10,12-13H2,1H3,(H2,28,36)(H,32,37)/t14?,15?,18-,24?/m0/s1. The molecule has 2 amide bonds. The fraction of sp³-hybridized carbons (Fsp3) is 0.500. The molecule has 6 rings (SSSR count). The van der Waals surface area contributed by atoms with Crippen LogP contribution in [0.3, 0.4) is 0 Å². The van der Waals surface area contributed by atoms with Gasteiger partial charge in [-0.05, 0) is 36.8 Å². The molecule has 1 unspecified atom stereocenters. The summed E-state index contributed by atoms with van der Waals surface area (Å²) in [6.07, 6.45) is 3.16. The first-order valence-corrected chi connectivity index (χ1v) is 13.7. The maximum Gasteiger partial charge on any atom is 0.427 e. The van der Waals surface area contributed by atoms with E-state index in [0.717, 1.165) is 23.9 Å². The molecular formula is C26H31ClN8O4. The number of benzene rings is 1. The zero-order valence-electron chi connectivity index (χ0n) is 21.6. The molecule has 3 aromatic rings. The van der Waals surface area contributed by atoms with Gasteiger partial charge in [-0.25, -0.2) is 14.8 Å². The number of hydrogen-bond donors (Lipinski definition) is 3. The van der Waals surface area contributed by atoms with Crippen LogP contribution in [-0.4, -0.2) is 57.3 Å². The lowest BCUT2D eigenvalue weighted by Crippen LogP contribution is -2.53. The van der Waals surface area contributed by atoms with Gasteiger partial charge in [-0.2, -0.15) is 4.98 Å². The van der Waals surface area contributed by atoms with Crippen LogP contribution in [0.4, 0.5) is 10.7 Å². The Balaban J connectivity index is 1.55. The number of halogens is 1. The van der Waals surface area contributed by atoms with Gasteiger partial charge in [0.05, 0.1) is 13.2 Å². The van der Waals surface area contributed by atoms with Crippen LogP contribution in [0.1, 0.15) is 44.6 Å². The highest BCUT2D eigenvalue weighted by Gasteiger charge is 2.35. The molecule has 12 nitrogen and oxygen atoms in total. The number of ether oxygens (including phenoxy) is 1. The van der Waals surface area contributed by atoms with Crippen molar-refractivity contribution in [2.24, 2.45) is 17.6 Å². The highest BCUT2D eigenvalue weighted by Crippen LogP contribution is 2.36. The van der Waals surface area contributed by atoms with Crippen LogP contribution in [0.25, 0.3) is 22.4 Å². The number of nitrogens with zero attached hydrogens (tertiary/aromatic N) is 5. The molecule has 3 aliphatic rings. The van der Waals surface area contributed by atoms with E-state index in [1.165, 1.54) is 12.8 Å². The van der Waals surface area contributed by atoms with Gasteiger partial charge in [0.1, 0.15) is 17.3 Å². The molecule has 3 fully saturated rings.